The van der Waals surface area contributed by atoms with Gasteiger partial charge >= 0.3 is 0 Å². The van der Waals surface area contributed by atoms with Crippen LogP contribution in [0.15, 0.2) is 24.5 Å². The highest BCUT2D eigenvalue weighted by molar-refractivity contribution is 5.88. The minimum absolute atomic E-state index is 0.0521. The van der Waals surface area contributed by atoms with Crippen LogP contribution in [0.4, 0.5) is 0 Å². The molecule has 0 aliphatic heterocycles. The van der Waals surface area contributed by atoms with Crippen molar-refractivity contribution in [2.45, 2.75) is 20.4 Å². The maximum absolute atomic E-state index is 10.9. The Hall–Kier alpha value is -2.17. The molecule has 0 spiro atoms. The molecule has 0 radical (unpaired) electrons. The zero-order valence-electron chi connectivity index (χ0n) is 9.84. The molecular weight excluding hydrogens is 216 g/mol. The van der Waals surface area contributed by atoms with Crippen molar-refractivity contribution in [2.24, 2.45) is 5.73 Å². The summed E-state index contributed by atoms with van der Waals surface area (Å²) in [5.74, 6) is -0.554. The standard InChI is InChI=1S/C12H14N4O/c1-8-4-3-5-9(2)10(8)6-16-7-14-12(15-16)11(13)17/h3-5,7H,6H2,1-2H3,(H2,13,17). The van der Waals surface area contributed by atoms with Crippen molar-refractivity contribution in [1.82, 2.24) is 14.8 Å². The van der Waals surface area contributed by atoms with Crippen LogP contribution in [0.2, 0.25) is 0 Å². The van der Waals surface area contributed by atoms with E-state index >= 15 is 0 Å². The van der Waals surface area contributed by atoms with Crippen LogP contribution in [0.1, 0.15) is 27.3 Å². The van der Waals surface area contributed by atoms with Gasteiger partial charge < -0.3 is 5.73 Å². The lowest BCUT2D eigenvalue weighted by Crippen LogP contribution is -2.14. The first-order valence-electron chi connectivity index (χ1n) is 5.32. The number of rotatable bonds is 3. The molecule has 0 aliphatic rings. The van der Waals surface area contributed by atoms with Crippen molar-refractivity contribution >= 4 is 5.91 Å². The van der Waals surface area contributed by atoms with E-state index in [9.17, 15) is 4.79 Å². The van der Waals surface area contributed by atoms with Gasteiger partial charge in [0.2, 0.25) is 5.82 Å². The number of primary amides is 1. The molecule has 1 amide bonds. The number of amides is 1. The minimum atomic E-state index is -0.606. The molecule has 0 aliphatic carbocycles. The Kier molecular flexibility index (Phi) is 2.91. The predicted octanol–water partition coefficient (Wildman–Crippen LogP) is 1.04. The average Bonchev–Trinajstić information content (AvgIpc) is 2.72. The Labute approximate surface area is 99.3 Å². The second-order valence-corrected chi connectivity index (χ2v) is 4.00. The Bertz CT molecular complexity index is 539. The van der Waals surface area contributed by atoms with Crippen molar-refractivity contribution < 1.29 is 4.79 Å². The van der Waals surface area contributed by atoms with Crippen LogP contribution in [-0.2, 0) is 6.54 Å². The van der Waals surface area contributed by atoms with Gasteiger partial charge in [0.15, 0.2) is 0 Å². The third-order valence-corrected chi connectivity index (χ3v) is 2.72. The van der Waals surface area contributed by atoms with Crippen molar-refractivity contribution in [3.05, 3.63) is 47.0 Å². The van der Waals surface area contributed by atoms with E-state index in [4.69, 9.17) is 5.73 Å². The highest BCUT2D eigenvalue weighted by atomic mass is 16.1. The molecular formula is C12H14N4O. The molecule has 0 saturated carbocycles. The second kappa shape index (κ2) is 4.37. The third-order valence-electron chi connectivity index (χ3n) is 2.72. The third kappa shape index (κ3) is 2.33. The Morgan fingerprint density at radius 3 is 2.53 bits per heavy atom. The maximum Gasteiger partial charge on any atom is 0.288 e. The van der Waals surface area contributed by atoms with Gasteiger partial charge in [0.25, 0.3) is 5.91 Å². The van der Waals surface area contributed by atoms with Gasteiger partial charge in [-0.1, -0.05) is 18.2 Å². The van der Waals surface area contributed by atoms with Gasteiger partial charge in [0.05, 0.1) is 6.54 Å². The molecule has 5 heteroatoms. The van der Waals surface area contributed by atoms with Gasteiger partial charge in [-0.25, -0.2) is 9.67 Å². The summed E-state index contributed by atoms with van der Waals surface area (Å²) in [5.41, 5.74) is 8.68. The number of aromatic nitrogens is 3. The monoisotopic (exact) mass is 230 g/mol. The number of nitrogens with zero attached hydrogens (tertiary/aromatic N) is 3. The molecule has 1 heterocycles. The summed E-state index contributed by atoms with van der Waals surface area (Å²) in [6.45, 7) is 4.70. The van der Waals surface area contributed by atoms with Gasteiger partial charge in [-0.05, 0) is 30.5 Å². The van der Waals surface area contributed by atoms with E-state index in [1.54, 1.807) is 4.68 Å². The van der Waals surface area contributed by atoms with Gasteiger partial charge in [-0.15, -0.1) is 5.10 Å². The van der Waals surface area contributed by atoms with Crippen LogP contribution in [0.3, 0.4) is 0 Å². The van der Waals surface area contributed by atoms with Gasteiger partial charge in [0, 0.05) is 0 Å². The maximum atomic E-state index is 10.9. The van der Waals surface area contributed by atoms with Gasteiger partial charge in [-0.2, -0.15) is 0 Å². The SMILES string of the molecule is Cc1cccc(C)c1Cn1cnc(C(N)=O)n1. The van der Waals surface area contributed by atoms with Crippen molar-refractivity contribution in [3.8, 4) is 0 Å². The number of hydrogen-bond acceptors (Lipinski definition) is 3. The fraction of sp³-hybridized carbons (Fsp3) is 0.250. The van der Waals surface area contributed by atoms with E-state index in [2.05, 4.69) is 10.1 Å². The van der Waals surface area contributed by atoms with Crippen LogP contribution in [0.5, 0.6) is 0 Å². The summed E-state index contributed by atoms with van der Waals surface area (Å²) < 4.78 is 1.62. The number of carbonyl (C=O) groups is 1. The van der Waals surface area contributed by atoms with Crippen molar-refractivity contribution in [2.75, 3.05) is 0 Å². The molecule has 2 N–H and O–H groups in total. The van der Waals surface area contributed by atoms with Crippen LogP contribution in [0, 0.1) is 13.8 Å². The zero-order chi connectivity index (χ0) is 12.4. The average molecular weight is 230 g/mol. The zero-order valence-corrected chi connectivity index (χ0v) is 9.84. The molecule has 2 rings (SSSR count). The molecule has 1 aromatic carbocycles. The van der Waals surface area contributed by atoms with Gasteiger partial charge in [0.1, 0.15) is 6.33 Å². The number of carbonyl (C=O) groups excluding carboxylic acids is 1. The molecule has 0 atom stereocenters. The first kappa shape index (κ1) is 11.3. The lowest BCUT2D eigenvalue weighted by molar-refractivity contribution is 0.0990. The number of hydrogen-bond donors (Lipinski definition) is 1. The normalized spacial score (nSPS) is 10.5. The molecule has 88 valence electrons. The van der Waals surface area contributed by atoms with Crippen LogP contribution >= 0.6 is 0 Å². The molecule has 0 bridgehead atoms. The van der Waals surface area contributed by atoms with E-state index < -0.39 is 5.91 Å². The predicted molar refractivity (Wildman–Crippen MR) is 63.6 cm³/mol. The second-order valence-electron chi connectivity index (χ2n) is 4.00. The first-order valence-corrected chi connectivity index (χ1v) is 5.32. The summed E-state index contributed by atoms with van der Waals surface area (Å²) in [5, 5.41) is 4.02. The highest BCUT2D eigenvalue weighted by Gasteiger charge is 2.08. The van der Waals surface area contributed by atoms with E-state index in [1.807, 2.05) is 32.0 Å². The summed E-state index contributed by atoms with van der Waals surface area (Å²) in [6, 6.07) is 6.12. The summed E-state index contributed by atoms with van der Waals surface area (Å²) in [7, 11) is 0. The van der Waals surface area contributed by atoms with Crippen molar-refractivity contribution in [3.63, 3.8) is 0 Å². The Morgan fingerprint density at radius 2 is 2.00 bits per heavy atom. The molecule has 0 unspecified atom stereocenters. The van der Waals surface area contributed by atoms with Crippen molar-refractivity contribution in [1.29, 1.82) is 0 Å². The minimum Gasteiger partial charge on any atom is -0.363 e. The molecule has 5 nitrogen and oxygen atoms in total. The number of aryl methyl sites for hydroxylation is 2. The fourth-order valence-electron chi connectivity index (χ4n) is 1.74. The number of benzene rings is 1. The lowest BCUT2D eigenvalue weighted by atomic mass is 10.0. The molecule has 0 saturated heterocycles. The topological polar surface area (TPSA) is 73.8 Å². The van der Waals surface area contributed by atoms with E-state index in [-0.39, 0.29) is 5.82 Å². The molecule has 17 heavy (non-hydrogen) atoms. The van der Waals surface area contributed by atoms with E-state index in [1.165, 1.54) is 23.0 Å². The Balaban J connectivity index is 2.28. The Morgan fingerprint density at radius 1 is 1.35 bits per heavy atom. The highest BCUT2D eigenvalue weighted by Crippen LogP contribution is 2.14. The van der Waals surface area contributed by atoms with Crippen LogP contribution < -0.4 is 5.73 Å². The molecule has 0 fully saturated rings. The van der Waals surface area contributed by atoms with E-state index in [0.29, 0.717) is 6.54 Å². The summed E-state index contributed by atoms with van der Waals surface area (Å²) in [4.78, 5) is 14.7. The lowest BCUT2D eigenvalue weighted by Gasteiger charge is -2.08. The summed E-state index contributed by atoms with van der Waals surface area (Å²) >= 11 is 0. The first-order chi connectivity index (χ1) is 8.08. The van der Waals surface area contributed by atoms with Crippen LogP contribution in [0.25, 0.3) is 0 Å². The van der Waals surface area contributed by atoms with E-state index in [0.717, 1.165) is 0 Å². The molecule has 1 aromatic heterocycles. The summed E-state index contributed by atoms with van der Waals surface area (Å²) in [6.07, 6.45) is 1.52. The van der Waals surface area contributed by atoms with Gasteiger partial charge in [-0.3, -0.25) is 4.79 Å². The molecule has 2 aromatic rings. The largest absolute Gasteiger partial charge is 0.363 e. The number of nitrogens with two attached hydrogens (primary N) is 1. The van der Waals surface area contributed by atoms with Crippen LogP contribution in [-0.4, -0.2) is 20.7 Å². The quantitative estimate of drug-likeness (QED) is 0.856. The fourth-order valence-corrected chi connectivity index (χ4v) is 1.74. The smallest absolute Gasteiger partial charge is 0.288 e.